The fourth-order valence-electron chi connectivity index (χ4n) is 1.80. The molecule has 0 aliphatic heterocycles. The topological polar surface area (TPSA) is 26.0 Å². The van der Waals surface area contributed by atoms with Gasteiger partial charge in [0, 0.05) is 4.88 Å². The second-order valence-electron chi connectivity index (χ2n) is 4.69. The lowest BCUT2D eigenvalue weighted by molar-refractivity contribution is -0.134. The summed E-state index contributed by atoms with van der Waals surface area (Å²) in [5.41, 5.74) is 5.41. The van der Waals surface area contributed by atoms with Crippen molar-refractivity contribution in [1.82, 2.24) is 0 Å². The standard InChI is InChI=1S/C10H12F3NS/c1-8(2)5-9(8,14)6-3-4-7(15-6)10(11,12)13/h3-4H,5,14H2,1-2H3. The first-order valence-corrected chi connectivity index (χ1v) is 5.45. The zero-order valence-corrected chi connectivity index (χ0v) is 9.30. The van der Waals surface area contributed by atoms with Crippen LogP contribution in [0.4, 0.5) is 13.2 Å². The van der Waals surface area contributed by atoms with Gasteiger partial charge in [0.15, 0.2) is 0 Å². The van der Waals surface area contributed by atoms with Crippen molar-refractivity contribution in [2.24, 2.45) is 11.1 Å². The van der Waals surface area contributed by atoms with E-state index in [0.717, 1.165) is 23.8 Å². The molecule has 0 radical (unpaired) electrons. The average molecular weight is 235 g/mol. The van der Waals surface area contributed by atoms with Crippen LogP contribution in [0, 0.1) is 5.41 Å². The lowest BCUT2D eigenvalue weighted by Crippen LogP contribution is -2.24. The number of halogens is 3. The Morgan fingerprint density at radius 1 is 1.33 bits per heavy atom. The van der Waals surface area contributed by atoms with Crippen molar-refractivity contribution in [2.75, 3.05) is 0 Å². The van der Waals surface area contributed by atoms with Crippen LogP contribution in [0.5, 0.6) is 0 Å². The van der Waals surface area contributed by atoms with Crippen molar-refractivity contribution in [3.8, 4) is 0 Å². The number of nitrogens with two attached hydrogens (primary N) is 1. The molecule has 15 heavy (non-hydrogen) atoms. The van der Waals surface area contributed by atoms with Gasteiger partial charge in [-0.15, -0.1) is 11.3 Å². The number of hydrogen-bond acceptors (Lipinski definition) is 2. The zero-order chi connectivity index (χ0) is 11.5. The van der Waals surface area contributed by atoms with E-state index in [2.05, 4.69) is 0 Å². The molecular weight excluding hydrogens is 223 g/mol. The highest BCUT2D eigenvalue weighted by atomic mass is 32.1. The van der Waals surface area contributed by atoms with Gasteiger partial charge in [-0.2, -0.15) is 13.2 Å². The van der Waals surface area contributed by atoms with Crippen molar-refractivity contribution < 1.29 is 13.2 Å². The Kier molecular flexibility index (Phi) is 2.02. The largest absolute Gasteiger partial charge is 0.425 e. The molecule has 84 valence electrons. The summed E-state index contributed by atoms with van der Waals surface area (Å²) < 4.78 is 37.1. The first-order chi connectivity index (χ1) is 6.67. The van der Waals surface area contributed by atoms with E-state index in [1.54, 1.807) is 0 Å². The lowest BCUT2D eigenvalue weighted by atomic mass is 10.0. The van der Waals surface area contributed by atoms with E-state index in [1.807, 2.05) is 13.8 Å². The van der Waals surface area contributed by atoms with E-state index in [4.69, 9.17) is 5.73 Å². The minimum atomic E-state index is -4.25. The SMILES string of the molecule is CC1(C)CC1(N)c1ccc(C(F)(F)F)s1. The van der Waals surface area contributed by atoms with E-state index in [9.17, 15) is 13.2 Å². The molecule has 1 aliphatic carbocycles. The van der Waals surface area contributed by atoms with Crippen LogP contribution < -0.4 is 5.73 Å². The summed E-state index contributed by atoms with van der Waals surface area (Å²) in [6.45, 7) is 3.94. The second kappa shape index (κ2) is 2.77. The summed E-state index contributed by atoms with van der Waals surface area (Å²) >= 11 is 0.762. The third kappa shape index (κ3) is 1.58. The summed E-state index contributed by atoms with van der Waals surface area (Å²) in [5.74, 6) is 0. The van der Waals surface area contributed by atoms with Gasteiger partial charge in [0.1, 0.15) is 4.88 Å². The maximum atomic E-state index is 12.4. The van der Waals surface area contributed by atoms with Crippen LogP contribution in [0.2, 0.25) is 0 Å². The van der Waals surface area contributed by atoms with Gasteiger partial charge in [-0.1, -0.05) is 13.8 Å². The van der Waals surface area contributed by atoms with Crippen LogP contribution in [-0.2, 0) is 11.7 Å². The van der Waals surface area contributed by atoms with Crippen molar-refractivity contribution in [1.29, 1.82) is 0 Å². The van der Waals surface area contributed by atoms with Gasteiger partial charge in [-0.05, 0) is 24.0 Å². The summed E-state index contributed by atoms with van der Waals surface area (Å²) in [5, 5.41) is 0. The molecule has 0 bridgehead atoms. The fourth-order valence-corrected chi connectivity index (χ4v) is 2.96. The molecule has 0 spiro atoms. The van der Waals surface area contributed by atoms with Gasteiger partial charge >= 0.3 is 6.18 Å². The molecule has 0 saturated heterocycles. The molecule has 0 aromatic carbocycles. The number of alkyl halides is 3. The molecule has 2 rings (SSSR count). The van der Waals surface area contributed by atoms with Crippen molar-refractivity contribution in [3.05, 3.63) is 21.9 Å². The minimum Gasteiger partial charge on any atom is -0.320 e. The van der Waals surface area contributed by atoms with E-state index in [-0.39, 0.29) is 5.41 Å². The molecule has 1 heterocycles. The molecule has 1 aromatic heterocycles. The van der Waals surface area contributed by atoms with E-state index in [0.29, 0.717) is 4.88 Å². The van der Waals surface area contributed by atoms with Crippen molar-refractivity contribution >= 4 is 11.3 Å². The molecule has 1 unspecified atom stereocenters. The van der Waals surface area contributed by atoms with Crippen LogP contribution in [0.1, 0.15) is 30.0 Å². The maximum absolute atomic E-state index is 12.4. The van der Waals surface area contributed by atoms with Crippen LogP contribution in [0.15, 0.2) is 12.1 Å². The highest BCUT2D eigenvalue weighted by molar-refractivity contribution is 7.12. The Balaban J connectivity index is 2.31. The van der Waals surface area contributed by atoms with Gasteiger partial charge in [-0.3, -0.25) is 0 Å². The summed E-state index contributed by atoms with van der Waals surface area (Å²) in [6.07, 6.45) is -3.50. The van der Waals surface area contributed by atoms with Crippen LogP contribution in [-0.4, -0.2) is 0 Å². The third-order valence-electron chi connectivity index (χ3n) is 3.13. The van der Waals surface area contributed by atoms with Crippen molar-refractivity contribution in [2.45, 2.75) is 32.0 Å². The number of rotatable bonds is 1. The van der Waals surface area contributed by atoms with Gasteiger partial charge in [-0.25, -0.2) is 0 Å². The summed E-state index contributed by atoms with van der Waals surface area (Å²) in [7, 11) is 0. The predicted molar refractivity (Wildman–Crippen MR) is 53.6 cm³/mol. The van der Waals surface area contributed by atoms with Crippen LogP contribution in [0.3, 0.4) is 0 Å². The first kappa shape index (κ1) is 11.0. The molecule has 1 nitrogen and oxygen atoms in total. The maximum Gasteiger partial charge on any atom is 0.425 e. The first-order valence-electron chi connectivity index (χ1n) is 4.63. The fraction of sp³-hybridized carbons (Fsp3) is 0.600. The van der Waals surface area contributed by atoms with Crippen LogP contribution in [0.25, 0.3) is 0 Å². The predicted octanol–water partition coefficient (Wildman–Crippen LogP) is 3.35. The molecule has 1 aliphatic rings. The third-order valence-corrected chi connectivity index (χ3v) is 4.44. The molecule has 2 N–H and O–H groups in total. The molecule has 1 fully saturated rings. The van der Waals surface area contributed by atoms with Crippen LogP contribution >= 0.6 is 11.3 Å². The molecule has 1 atom stereocenters. The number of hydrogen-bond donors (Lipinski definition) is 1. The smallest absolute Gasteiger partial charge is 0.320 e. The van der Waals surface area contributed by atoms with Gasteiger partial charge in [0.25, 0.3) is 0 Å². The molecular formula is C10H12F3NS. The Morgan fingerprint density at radius 3 is 2.20 bits per heavy atom. The summed E-state index contributed by atoms with van der Waals surface area (Å²) in [6, 6.07) is 2.62. The average Bonchev–Trinajstić information content (AvgIpc) is 2.51. The van der Waals surface area contributed by atoms with E-state index in [1.165, 1.54) is 6.07 Å². The van der Waals surface area contributed by atoms with Gasteiger partial charge in [0.05, 0.1) is 5.54 Å². The van der Waals surface area contributed by atoms with Gasteiger partial charge < -0.3 is 5.73 Å². The normalized spacial score (nSPS) is 29.2. The monoisotopic (exact) mass is 235 g/mol. The lowest BCUT2D eigenvalue weighted by Gasteiger charge is -2.12. The minimum absolute atomic E-state index is 0.0826. The van der Waals surface area contributed by atoms with Crippen molar-refractivity contribution in [3.63, 3.8) is 0 Å². The Hall–Kier alpha value is -0.550. The Morgan fingerprint density at radius 2 is 1.87 bits per heavy atom. The second-order valence-corrected chi connectivity index (χ2v) is 5.78. The Bertz CT molecular complexity index is 394. The molecule has 1 aromatic rings. The quantitative estimate of drug-likeness (QED) is 0.793. The summed E-state index contributed by atoms with van der Waals surface area (Å²) in [4.78, 5) is 0.0739. The molecule has 0 amide bonds. The highest BCUT2D eigenvalue weighted by Gasteiger charge is 2.60. The van der Waals surface area contributed by atoms with Gasteiger partial charge in [0.2, 0.25) is 0 Å². The molecule has 5 heteroatoms. The highest BCUT2D eigenvalue weighted by Crippen LogP contribution is 2.61. The van der Waals surface area contributed by atoms with E-state index < -0.39 is 16.6 Å². The molecule has 1 saturated carbocycles. The Labute approximate surface area is 90.1 Å². The zero-order valence-electron chi connectivity index (χ0n) is 8.48. The van der Waals surface area contributed by atoms with E-state index >= 15 is 0 Å². The number of thiophene rings is 1.